The van der Waals surface area contributed by atoms with Crippen LogP contribution in [-0.4, -0.2) is 27.9 Å². The third kappa shape index (κ3) is 3.65. The lowest BCUT2D eigenvalue weighted by atomic mass is 10.0. The summed E-state index contributed by atoms with van der Waals surface area (Å²) in [5.74, 6) is 0.796. The molecule has 1 aromatic carbocycles. The molecule has 0 bridgehead atoms. The largest absolute Gasteiger partial charge is 0.478 e. The van der Waals surface area contributed by atoms with Gasteiger partial charge >= 0.3 is 0 Å². The predicted octanol–water partition coefficient (Wildman–Crippen LogP) is 4.65. The molecule has 4 aromatic rings. The van der Waals surface area contributed by atoms with Crippen molar-refractivity contribution in [3.8, 4) is 16.9 Å². The summed E-state index contributed by atoms with van der Waals surface area (Å²) in [6.45, 7) is 6.13. The summed E-state index contributed by atoms with van der Waals surface area (Å²) in [6, 6.07) is 8.59. The summed E-state index contributed by atoms with van der Waals surface area (Å²) in [4.78, 5) is 4.39. The fraction of sp³-hybridized carbons (Fsp3) is 0.333. The molecule has 1 unspecified atom stereocenters. The SMILES string of the molecule is Cc1ccccc1C(C)Oc1c(N)ncc2c(-c3cnn(C4CCNCC4)c3)coc12. The molecule has 5 rings (SSSR count). The van der Waals surface area contributed by atoms with E-state index >= 15 is 0 Å². The van der Waals surface area contributed by atoms with Crippen LogP contribution < -0.4 is 15.8 Å². The Bertz CT molecular complexity index is 1210. The molecule has 0 amide bonds. The highest BCUT2D eigenvalue weighted by Crippen LogP contribution is 2.39. The minimum absolute atomic E-state index is 0.188. The van der Waals surface area contributed by atoms with Crippen molar-refractivity contribution in [3.05, 3.63) is 60.2 Å². The Labute approximate surface area is 181 Å². The van der Waals surface area contributed by atoms with Crippen LogP contribution in [0.5, 0.6) is 5.75 Å². The number of nitrogens with one attached hydrogen (secondary N) is 1. The van der Waals surface area contributed by atoms with Gasteiger partial charge in [-0.05, 0) is 50.9 Å². The van der Waals surface area contributed by atoms with Crippen molar-refractivity contribution in [1.29, 1.82) is 0 Å². The molecule has 0 spiro atoms. The van der Waals surface area contributed by atoms with Crippen LogP contribution in [0.4, 0.5) is 5.82 Å². The maximum atomic E-state index is 6.27. The number of pyridine rings is 1. The van der Waals surface area contributed by atoms with E-state index in [2.05, 4.69) is 45.3 Å². The Kier molecular flexibility index (Phi) is 5.11. The average molecular weight is 418 g/mol. The molecule has 3 aromatic heterocycles. The van der Waals surface area contributed by atoms with E-state index < -0.39 is 0 Å². The first-order valence-electron chi connectivity index (χ1n) is 10.7. The number of furan rings is 1. The third-order valence-corrected chi connectivity index (χ3v) is 6.12. The van der Waals surface area contributed by atoms with Crippen molar-refractivity contribution in [1.82, 2.24) is 20.1 Å². The number of anilines is 1. The molecule has 1 saturated heterocycles. The van der Waals surface area contributed by atoms with Crippen LogP contribution in [0.3, 0.4) is 0 Å². The second-order valence-electron chi connectivity index (χ2n) is 8.17. The van der Waals surface area contributed by atoms with Gasteiger partial charge in [-0.2, -0.15) is 5.10 Å². The third-order valence-electron chi connectivity index (χ3n) is 6.12. The number of nitrogen functional groups attached to an aromatic ring is 1. The van der Waals surface area contributed by atoms with E-state index in [1.165, 1.54) is 5.56 Å². The van der Waals surface area contributed by atoms with Gasteiger partial charge in [-0.3, -0.25) is 4.68 Å². The first-order valence-corrected chi connectivity index (χ1v) is 10.7. The fourth-order valence-corrected chi connectivity index (χ4v) is 4.35. The van der Waals surface area contributed by atoms with Gasteiger partial charge in [0.25, 0.3) is 0 Å². The summed E-state index contributed by atoms with van der Waals surface area (Å²) in [6.07, 6.45) is 9.44. The number of aryl methyl sites for hydroxylation is 1. The second-order valence-corrected chi connectivity index (χ2v) is 8.17. The lowest BCUT2D eigenvalue weighted by Gasteiger charge is -2.22. The molecule has 31 heavy (non-hydrogen) atoms. The minimum Gasteiger partial charge on any atom is -0.478 e. The number of ether oxygens (including phenoxy) is 1. The van der Waals surface area contributed by atoms with Gasteiger partial charge in [0.15, 0.2) is 11.4 Å². The molecule has 7 heteroatoms. The van der Waals surface area contributed by atoms with E-state index in [1.807, 2.05) is 25.3 Å². The number of benzene rings is 1. The number of nitrogens with zero attached hydrogens (tertiary/aromatic N) is 3. The first-order chi connectivity index (χ1) is 15.1. The Morgan fingerprint density at radius 3 is 2.84 bits per heavy atom. The molecular formula is C24H27N5O2. The molecule has 4 heterocycles. The highest BCUT2D eigenvalue weighted by molar-refractivity contribution is 5.97. The number of rotatable bonds is 5. The molecule has 0 aliphatic carbocycles. The summed E-state index contributed by atoms with van der Waals surface area (Å²) in [5.41, 5.74) is 11.0. The van der Waals surface area contributed by atoms with Gasteiger partial charge < -0.3 is 20.2 Å². The number of fused-ring (bicyclic) bond motifs is 1. The maximum Gasteiger partial charge on any atom is 0.205 e. The molecule has 0 radical (unpaired) electrons. The molecule has 1 aliphatic heterocycles. The Morgan fingerprint density at radius 1 is 1.23 bits per heavy atom. The van der Waals surface area contributed by atoms with E-state index in [4.69, 9.17) is 14.9 Å². The number of nitrogens with two attached hydrogens (primary N) is 1. The molecule has 7 nitrogen and oxygen atoms in total. The Balaban J connectivity index is 1.48. The van der Waals surface area contributed by atoms with Crippen LogP contribution in [-0.2, 0) is 0 Å². The van der Waals surface area contributed by atoms with E-state index in [0.717, 1.165) is 48.0 Å². The topological polar surface area (TPSA) is 91.1 Å². The summed E-state index contributed by atoms with van der Waals surface area (Å²) in [5, 5.41) is 8.87. The molecular weight excluding hydrogens is 390 g/mol. The zero-order chi connectivity index (χ0) is 21.4. The molecule has 1 atom stereocenters. The summed E-state index contributed by atoms with van der Waals surface area (Å²) < 4.78 is 14.3. The van der Waals surface area contributed by atoms with Gasteiger partial charge in [-0.15, -0.1) is 0 Å². The number of piperidine rings is 1. The van der Waals surface area contributed by atoms with Gasteiger partial charge in [0.1, 0.15) is 12.4 Å². The van der Waals surface area contributed by atoms with Gasteiger partial charge in [0, 0.05) is 23.5 Å². The van der Waals surface area contributed by atoms with Crippen LogP contribution in [0, 0.1) is 6.92 Å². The zero-order valence-electron chi connectivity index (χ0n) is 17.8. The monoisotopic (exact) mass is 417 g/mol. The van der Waals surface area contributed by atoms with Crippen LogP contribution in [0.1, 0.15) is 43.0 Å². The van der Waals surface area contributed by atoms with Gasteiger partial charge in [0.05, 0.1) is 17.6 Å². The van der Waals surface area contributed by atoms with E-state index in [9.17, 15) is 0 Å². The van der Waals surface area contributed by atoms with Crippen LogP contribution in [0.15, 0.2) is 53.5 Å². The highest BCUT2D eigenvalue weighted by Gasteiger charge is 2.21. The fourth-order valence-electron chi connectivity index (χ4n) is 4.35. The van der Waals surface area contributed by atoms with Crippen molar-refractivity contribution in [2.75, 3.05) is 18.8 Å². The summed E-state index contributed by atoms with van der Waals surface area (Å²) >= 11 is 0. The van der Waals surface area contributed by atoms with Crippen molar-refractivity contribution < 1.29 is 9.15 Å². The number of hydrogen-bond donors (Lipinski definition) is 2. The molecule has 0 saturated carbocycles. The van der Waals surface area contributed by atoms with Crippen molar-refractivity contribution in [2.45, 2.75) is 38.8 Å². The van der Waals surface area contributed by atoms with Gasteiger partial charge in [0.2, 0.25) is 5.75 Å². The van der Waals surface area contributed by atoms with Crippen LogP contribution in [0.25, 0.3) is 22.1 Å². The zero-order valence-corrected chi connectivity index (χ0v) is 17.8. The first kappa shape index (κ1) is 19.6. The smallest absolute Gasteiger partial charge is 0.205 e. The highest BCUT2D eigenvalue weighted by atomic mass is 16.5. The second kappa shape index (κ2) is 8.07. The van der Waals surface area contributed by atoms with Gasteiger partial charge in [-0.1, -0.05) is 24.3 Å². The van der Waals surface area contributed by atoms with Crippen LogP contribution in [0.2, 0.25) is 0 Å². The number of hydrogen-bond acceptors (Lipinski definition) is 6. The summed E-state index contributed by atoms with van der Waals surface area (Å²) in [7, 11) is 0. The number of aromatic nitrogens is 3. The normalized spacial score (nSPS) is 15.9. The molecule has 3 N–H and O–H groups in total. The average Bonchev–Trinajstić information content (AvgIpc) is 3.44. The molecule has 1 aliphatic rings. The van der Waals surface area contributed by atoms with Gasteiger partial charge in [-0.25, -0.2) is 4.98 Å². The van der Waals surface area contributed by atoms with Crippen molar-refractivity contribution in [2.24, 2.45) is 0 Å². The predicted molar refractivity (Wildman–Crippen MR) is 121 cm³/mol. The lowest BCUT2D eigenvalue weighted by molar-refractivity contribution is 0.227. The standard InChI is InChI=1S/C24H27N5O2/c1-15-5-3-4-6-19(15)16(2)31-23-22-20(12-27-24(23)25)21(14-30-22)17-11-28-29(13-17)18-7-9-26-10-8-18/h3-6,11-14,16,18,26H,7-10H2,1-2H3,(H2,25,27). The minimum atomic E-state index is -0.188. The Hall–Kier alpha value is -3.32. The van der Waals surface area contributed by atoms with E-state index in [-0.39, 0.29) is 6.10 Å². The lowest BCUT2D eigenvalue weighted by Crippen LogP contribution is -2.29. The quantitative estimate of drug-likeness (QED) is 0.491. The van der Waals surface area contributed by atoms with Crippen LogP contribution >= 0.6 is 0 Å². The molecule has 160 valence electrons. The van der Waals surface area contributed by atoms with E-state index in [0.29, 0.717) is 23.2 Å². The molecule has 1 fully saturated rings. The van der Waals surface area contributed by atoms with Crippen molar-refractivity contribution >= 4 is 16.8 Å². The van der Waals surface area contributed by atoms with Crippen molar-refractivity contribution in [3.63, 3.8) is 0 Å². The van der Waals surface area contributed by atoms with E-state index in [1.54, 1.807) is 12.5 Å². The Morgan fingerprint density at radius 2 is 2.03 bits per heavy atom. The maximum absolute atomic E-state index is 6.27.